The summed E-state index contributed by atoms with van der Waals surface area (Å²) >= 11 is 1.06. The van der Waals surface area contributed by atoms with Gasteiger partial charge in [0, 0.05) is 0 Å². The number of fused-ring (bicyclic) bond motifs is 3. The summed E-state index contributed by atoms with van der Waals surface area (Å²) in [5.74, 6) is -0.160. The van der Waals surface area contributed by atoms with Crippen LogP contribution in [0.5, 0.6) is 5.75 Å². The van der Waals surface area contributed by atoms with Crippen molar-refractivity contribution >= 4 is 60.2 Å². The van der Waals surface area contributed by atoms with Gasteiger partial charge < -0.3 is 0 Å². The second kappa shape index (κ2) is 16.9. The van der Waals surface area contributed by atoms with Crippen molar-refractivity contribution in [3.05, 3.63) is 110 Å². The molecule has 2 aliphatic rings. The molecule has 50 heavy (non-hydrogen) atoms. The number of carbonyl (C=O) groups is 1. The topological polar surface area (TPSA) is 165 Å². The van der Waals surface area contributed by atoms with Crippen molar-refractivity contribution < 1.29 is 29.0 Å². The predicted molar refractivity (Wildman–Crippen MR) is 194 cm³/mol. The summed E-state index contributed by atoms with van der Waals surface area (Å²) in [5, 5.41) is 36.1. The molecule has 1 aliphatic carbocycles. The first-order chi connectivity index (χ1) is 24.1. The predicted octanol–water partition coefficient (Wildman–Crippen LogP) is 9.64. The van der Waals surface area contributed by atoms with Gasteiger partial charge in [-0.3, -0.25) is 0 Å². The summed E-state index contributed by atoms with van der Waals surface area (Å²) in [5.41, 5.74) is 0.0214. The molecule has 14 heteroatoms. The van der Waals surface area contributed by atoms with Crippen LogP contribution >= 0.6 is 11.8 Å². The average molecular weight is 767 g/mol. The Balaban J connectivity index is 1.36. The van der Waals surface area contributed by atoms with Crippen LogP contribution in [0.25, 0.3) is 21.6 Å². The maximum atomic E-state index is 12.9. The number of ether oxygens (including phenoxy) is 2. The first kappa shape index (κ1) is 36.8. The van der Waals surface area contributed by atoms with Gasteiger partial charge in [-0.1, -0.05) is 45.4 Å². The van der Waals surface area contributed by atoms with Crippen LogP contribution in [0.2, 0.25) is 0 Å². The molecule has 0 fully saturated rings. The van der Waals surface area contributed by atoms with Gasteiger partial charge in [0.1, 0.15) is 0 Å². The number of nitro groups is 3. The Kier molecular flexibility index (Phi) is 12.4. The number of non-ortho nitro benzene ring substituents is 2. The SMILES string of the molecule is CCCCCCCCCCCCOc1ccc(C2=C[Se]C(=C3c4cc([N+](=O)[O-])cc(C(=O)OC)c4-c4c3cc([N+](=O)[O-])cc4[N+](=O)[O-])S2)cc1. The molecule has 1 aliphatic heterocycles. The van der Waals surface area contributed by atoms with Gasteiger partial charge in [0.2, 0.25) is 0 Å². The van der Waals surface area contributed by atoms with E-state index in [-0.39, 0.29) is 42.8 Å². The fourth-order valence-electron chi connectivity index (χ4n) is 6.14. The molecule has 0 radical (unpaired) electrons. The second-order valence-corrected chi connectivity index (χ2v) is 15.5. The third-order valence-electron chi connectivity index (χ3n) is 8.62. The Morgan fingerprint density at radius 2 is 1.34 bits per heavy atom. The van der Waals surface area contributed by atoms with Crippen molar-refractivity contribution in [2.24, 2.45) is 0 Å². The number of nitro benzene ring substituents is 3. The van der Waals surface area contributed by atoms with Crippen molar-refractivity contribution in [2.75, 3.05) is 13.7 Å². The molecule has 0 saturated carbocycles. The molecule has 0 atom stereocenters. The van der Waals surface area contributed by atoms with Crippen LogP contribution in [-0.2, 0) is 4.74 Å². The first-order valence-corrected chi connectivity index (χ1v) is 19.2. The molecular weight excluding hydrogens is 729 g/mol. The normalized spacial score (nSPS) is 14.6. The average Bonchev–Trinajstić information content (AvgIpc) is 3.72. The van der Waals surface area contributed by atoms with Crippen LogP contribution in [0.3, 0.4) is 0 Å². The van der Waals surface area contributed by atoms with E-state index in [9.17, 15) is 35.1 Å². The number of hydrogen-bond donors (Lipinski definition) is 0. The monoisotopic (exact) mass is 767 g/mol. The summed E-state index contributed by atoms with van der Waals surface area (Å²) in [6.45, 7) is 2.88. The first-order valence-electron chi connectivity index (χ1n) is 16.6. The fourth-order valence-corrected chi connectivity index (χ4v) is 10.1. The number of methoxy groups -OCH3 is 1. The van der Waals surface area contributed by atoms with E-state index < -0.39 is 37.8 Å². The van der Waals surface area contributed by atoms with Crippen LogP contribution in [0, 0.1) is 30.3 Å². The van der Waals surface area contributed by atoms with Crippen molar-refractivity contribution in [1.29, 1.82) is 0 Å². The maximum absolute atomic E-state index is 12.9. The number of esters is 1. The summed E-state index contributed by atoms with van der Waals surface area (Å²) in [6.07, 6.45) is 12.5. The number of benzene rings is 3. The number of rotatable bonds is 17. The van der Waals surface area contributed by atoms with Crippen LogP contribution in [0.4, 0.5) is 17.1 Å². The van der Waals surface area contributed by atoms with Crippen molar-refractivity contribution in [3.8, 4) is 16.9 Å². The quantitative estimate of drug-likeness (QED) is 0.0332. The standard InChI is InChI=1S/C36H37N3O9SSe/c1-3-4-5-6-7-8-9-10-11-12-17-48-26-15-13-23(14-16-26)31-22-50-36(49-31)33-27-18-24(37(41)42)20-29(35(40)47-2)32(27)34-28(33)19-25(38(43)44)21-30(34)39(45)46/h13-16,18-22H,3-12,17H2,1-2H3. The second-order valence-electron chi connectivity index (χ2n) is 12.0. The van der Waals surface area contributed by atoms with Crippen LogP contribution in [-0.4, -0.2) is 49.4 Å². The molecular formula is C36H37N3O9SSe. The number of thioether (sulfide) groups is 1. The van der Waals surface area contributed by atoms with Gasteiger partial charge in [-0.25, -0.2) is 0 Å². The molecule has 0 saturated heterocycles. The Hall–Kier alpha value is -4.52. The molecule has 1 heterocycles. The summed E-state index contributed by atoms with van der Waals surface area (Å²) in [7, 11) is 1.10. The number of carbonyl (C=O) groups excluding carboxylic acids is 1. The zero-order valence-electron chi connectivity index (χ0n) is 27.8. The molecule has 5 rings (SSSR count). The van der Waals surface area contributed by atoms with Gasteiger partial charge in [-0.2, -0.15) is 0 Å². The van der Waals surface area contributed by atoms with Gasteiger partial charge in [0.05, 0.1) is 0 Å². The minimum atomic E-state index is -0.923. The van der Waals surface area contributed by atoms with E-state index in [1.54, 1.807) is 0 Å². The van der Waals surface area contributed by atoms with Gasteiger partial charge in [0.15, 0.2) is 0 Å². The number of unbranched alkanes of at least 4 members (excludes halogenated alkanes) is 9. The molecule has 3 aromatic carbocycles. The molecule has 0 bridgehead atoms. The van der Waals surface area contributed by atoms with E-state index in [1.807, 2.05) is 29.2 Å². The summed E-state index contributed by atoms with van der Waals surface area (Å²) in [4.78, 5) is 49.8. The van der Waals surface area contributed by atoms with Crippen LogP contribution in [0.1, 0.15) is 98.2 Å². The van der Waals surface area contributed by atoms with E-state index in [0.717, 1.165) is 52.1 Å². The molecule has 0 amide bonds. The Bertz CT molecular complexity index is 1880. The fraction of sp³-hybridized carbons (Fsp3) is 0.361. The van der Waals surface area contributed by atoms with Crippen LogP contribution in [0.15, 0.2) is 57.3 Å². The Morgan fingerprint density at radius 1 is 0.760 bits per heavy atom. The third-order valence-corrected chi connectivity index (χ3v) is 12.6. The summed E-state index contributed by atoms with van der Waals surface area (Å²) < 4.78 is 11.6. The van der Waals surface area contributed by atoms with Gasteiger partial charge in [-0.15, -0.1) is 0 Å². The van der Waals surface area contributed by atoms with Gasteiger partial charge in [-0.05, 0) is 0 Å². The zero-order valence-corrected chi connectivity index (χ0v) is 30.3. The van der Waals surface area contributed by atoms with E-state index in [1.165, 1.54) is 75.3 Å². The van der Waals surface area contributed by atoms with Gasteiger partial charge in [0.25, 0.3) is 0 Å². The van der Waals surface area contributed by atoms with Crippen LogP contribution < -0.4 is 4.74 Å². The van der Waals surface area contributed by atoms with E-state index >= 15 is 0 Å². The molecule has 0 aromatic heterocycles. The molecule has 0 N–H and O–H groups in total. The van der Waals surface area contributed by atoms with Crippen molar-refractivity contribution in [3.63, 3.8) is 0 Å². The van der Waals surface area contributed by atoms with E-state index in [0.29, 0.717) is 12.2 Å². The third kappa shape index (κ3) is 8.26. The minimum absolute atomic E-state index is 0.0119. The zero-order chi connectivity index (χ0) is 35.8. The van der Waals surface area contributed by atoms with E-state index in [4.69, 9.17) is 9.47 Å². The Labute approximate surface area is 299 Å². The number of nitrogens with zero attached hydrogens (tertiary/aromatic N) is 3. The molecule has 0 spiro atoms. The van der Waals surface area contributed by atoms with Crippen molar-refractivity contribution in [2.45, 2.75) is 71.1 Å². The number of hydrogen-bond acceptors (Lipinski definition) is 10. The molecule has 12 nitrogen and oxygen atoms in total. The summed E-state index contributed by atoms with van der Waals surface area (Å²) in [6, 6.07) is 12.1. The Morgan fingerprint density at radius 3 is 1.92 bits per heavy atom. The van der Waals surface area contributed by atoms with Gasteiger partial charge >= 0.3 is 255 Å². The molecule has 0 unspecified atom stereocenters. The van der Waals surface area contributed by atoms with Crippen molar-refractivity contribution in [1.82, 2.24) is 0 Å². The van der Waals surface area contributed by atoms with E-state index in [2.05, 4.69) is 6.92 Å². The molecule has 3 aromatic rings. The molecule has 262 valence electrons.